The summed E-state index contributed by atoms with van der Waals surface area (Å²) in [5.41, 5.74) is 2.55. The minimum absolute atomic E-state index is 0.0107. The summed E-state index contributed by atoms with van der Waals surface area (Å²) in [4.78, 5) is 2.33. The zero-order valence-electron chi connectivity index (χ0n) is 24.7. The Morgan fingerprint density at radius 1 is 0.737 bits per heavy atom. The first-order chi connectivity index (χ1) is 18.8. The summed E-state index contributed by atoms with van der Waals surface area (Å²) < 4.78 is 18.0. The highest BCUT2D eigenvalue weighted by Gasteiger charge is 2.11. The number of unbranched alkanes of at least 4 members (excludes halogenated alkanes) is 13. The van der Waals surface area contributed by atoms with Crippen molar-refractivity contribution in [2.75, 3.05) is 32.3 Å². The molecule has 4 nitrogen and oxygen atoms in total. The molecule has 1 atom stereocenters. The van der Waals surface area contributed by atoms with E-state index in [2.05, 4.69) is 54.6 Å². The van der Waals surface area contributed by atoms with Gasteiger partial charge in [-0.3, -0.25) is 0 Å². The monoisotopic (exact) mass is 547 g/mol. The zero-order valence-corrected chi connectivity index (χ0v) is 25.5. The lowest BCUT2D eigenvalue weighted by Gasteiger charge is -2.18. The molecule has 38 heavy (non-hydrogen) atoms. The van der Waals surface area contributed by atoms with E-state index in [1.54, 1.807) is 0 Å². The van der Waals surface area contributed by atoms with E-state index >= 15 is 0 Å². The zero-order chi connectivity index (χ0) is 26.9. The molecule has 218 valence electrons. The van der Waals surface area contributed by atoms with Gasteiger partial charge in [-0.1, -0.05) is 122 Å². The molecule has 0 bridgehead atoms. The number of benzene rings is 1. The molecule has 0 aromatic heterocycles. The quantitative estimate of drug-likeness (QED) is 0.108. The molecule has 0 fully saturated rings. The van der Waals surface area contributed by atoms with Crippen LogP contribution in [-0.2, 0) is 27.4 Å². The van der Waals surface area contributed by atoms with Gasteiger partial charge in [0.1, 0.15) is 6.10 Å². The first-order valence-corrected chi connectivity index (χ1v) is 16.7. The van der Waals surface area contributed by atoms with Crippen molar-refractivity contribution in [2.45, 2.75) is 129 Å². The summed E-state index contributed by atoms with van der Waals surface area (Å²) in [6, 6.07) is 8.72. The lowest BCUT2D eigenvalue weighted by molar-refractivity contribution is -0.0635. The fraction of sp³-hybridized carbons (Fsp3) is 0.758. The van der Waals surface area contributed by atoms with Crippen molar-refractivity contribution in [3.63, 3.8) is 0 Å². The third-order valence-electron chi connectivity index (χ3n) is 7.06. The lowest BCUT2D eigenvalue weighted by atomic mass is 10.0. The Labute approximate surface area is 239 Å². The number of rotatable bonds is 26. The number of hydrogen-bond acceptors (Lipinski definition) is 5. The standard InChI is InChI=1S/C33H57NO3S/c1-3-5-6-7-8-9-10-11-12-13-14-15-16-17-23-35-28-33(37-22-4-2)29-36-27-32-20-18-19-31(25-32)26-34-21-24-38-30-34/h18-21,24-25,33H,3-17,22-23,26-30H2,1-2H3. The van der Waals surface area contributed by atoms with Crippen LogP contribution in [0.4, 0.5) is 0 Å². The highest BCUT2D eigenvalue weighted by atomic mass is 32.2. The van der Waals surface area contributed by atoms with Gasteiger partial charge in [-0.25, -0.2) is 0 Å². The van der Waals surface area contributed by atoms with Crippen LogP contribution in [0, 0.1) is 0 Å². The first kappa shape index (κ1) is 33.2. The molecule has 0 radical (unpaired) electrons. The minimum Gasteiger partial charge on any atom is -0.379 e. The van der Waals surface area contributed by atoms with Gasteiger partial charge in [0.2, 0.25) is 0 Å². The first-order valence-electron chi connectivity index (χ1n) is 15.7. The van der Waals surface area contributed by atoms with Crippen LogP contribution >= 0.6 is 11.8 Å². The lowest BCUT2D eigenvalue weighted by Crippen LogP contribution is -2.26. The molecule has 1 aromatic carbocycles. The fourth-order valence-electron chi connectivity index (χ4n) is 4.81. The van der Waals surface area contributed by atoms with E-state index in [0.717, 1.165) is 38.5 Å². The predicted molar refractivity (Wildman–Crippen MR) is 164 cm³/mol. The van der Waals surface area contributed by atoms with Gasteiger partial charge in [0.25, 0.3) is 0 Å². The van der Waals surface area contributed by atoms with Gasteiger partial charge in [-0.2, -0.15) is 0 Å². The molecule has 1 aromatic rings. The van der Waals surface area contributed by atoms with E-state index in [0.29, 0.717) is 19.8 Å². The second-order valence-electron chi connectivity index (χ2n) is 10.8. The average molecular weight is 548 g/mol. The molecule has 0 aliphatic carbocycles. The maximum Gasteiger partial charge on any atom is 0.104 e. The molecule has 0 spiro atoms. The highest BCUT2D eigenvalue weighted by Crippen LogP contribution is 2.19. The number of thioether (sulfide) groups is 1. The topological polar surface area (TPSA) is 30.9 Å². The Kier molecular flexibility index (Phi) is 20.8. The average Bonchev–Trinajstić information content (AvgIpc) is 3.44. The van der Waals surface area contributed by atoms with Crippen LogP contribution in [0.2, 0.25) is 0 Å². The van der Waals surface area contributed by atoms with Gasteiger partial charge in [0.15, 0.2) is 0 Å². The molecule has 5 heteroatoms. The van der Waals surface area contributed by atoms with Crippen molar-refractivity contribution >= 4 is 11.8 Å². The van der Waals surface area contributed by atoms with Gasteiger partial charge in [-0.15, -0.1) is 11.8 Å². The van der Waals surface area contributed by atoms with Crippen LogP contribution < -0.4 is 0 Å². The van der Waals surface area contributed by atoms with Crippen LogP contribution in [0.15, 0.2) is 35.9 Å². The van der Waals surface area contributed by atoms with E-state index in [-0.39, 0.29) is 6.10 Å². The molecule has 0 amide bonds. The molecule has 2 rings (SSSR count). The van der Waals surface area contributed by atoms with Crippen molar-refractivity contribution in [3.8, 4) is 0 Å². The Hall–Kier alpha value is -1.01. The van der Waals surface area contributed by atoms with Gasteiger partial charge in [0.05, 0.1) is 25.7 Å². The SMILES string of the molecule is CCCCCCCCCCCCCCCCOCC(COCc1cccc(CN2C=CSC2)c1)OCCC. The summed E-state index contributed by atoms with van der Waals surface area (Å²) in [5, 5.41) is 2.16. The van der Waals surface area contributed by atoms with E-state index in [4.69, 9.17) is 14.2 Å². The van der Waals surface area contributed by atoms with Crippen LogP contribution in [0.3, 0.4) is 0 Å². The van der Waals surface area contributed by atoms with Crippen LogP contribution in [-0.4, -0.2) is 43.3 Å². The summed E-state index contributed by atoms with van der Waals surface area (Å²) in [7, 11) is 0. The second-order valence-corrected chi connectivity index (χ2v) is 11.7. The van der Waals surface area contributed by atoms with Crippen LogP contribution in [0.25, 0.3) is 0 Å². The summed E-state index contributed by atoms with van der Waals surface area (Å²) in [5.74, 6) is 1.04. The molecule has 1 aliphatic heterocycles. The molecule has 0 saturated carbocycles. The molecular formula is C33H57NO3S. The van der Waals surface area contributed by atoms with Gasteiger partial charge in [-0.05, 0) is 29.4 Å². The predicted octanol–water partition coefficient (Wildman–Crippen LogP) is 9.47. The molecule has 1 unspecified atom stereocenters. The van der Waals surface area contributed by atoms with Gasteiger partial charge < -0.3 is 19.1 Å². The Balaban J connectivity index is 1.45. The van der Waals surface area contributed by atoms with E-state index in [9.17, 15) is 0 Å². The van der Waals surface area contributed by atoms with E-state index in [1.165, 1.54) is 94.6 Å². The number of hydrogen-bond donors (Lipinski definition) is 0. The molecule has 1 aliphatic rings. The Morgan fingerprint density at radius 3 is 2.00 bits per heavy atom. The van der Waals surface area contributed by atoms with Crippen molar-refractivity contribution in [3.05, 3.63) is 47.0 Å². The van der Waals surface area contributed by atoms with E-state index < -0.39 is 0 Å². The molecule has 0 N–H and O–H groups in total. The summed E-state index contributed by atoms with van der Waals surface area (Å²) in [6.07, 6.45) is 22.6. The number of nitrogens with zero attached hydrogens (tertiary/aromatic N) is 1. The maximum atomic E-state index is 6.05. The van der Waals surface area contributed by atoms with Crippen LogP contribution in [0.1, 0.15) is 121 Å². The largest absolute Gasteiger partial charge is 0.379 e. The third-order valence-corrected chi connectivity index (χ3v) is 7.86. The fourth-order valence-corrected chi connectivity index (χ4v) is 5.53. The second kappa shape index (κ2) is 23.8. The smallest absolute Gasteiger partial charge is 0.104 e. The highest BCUT2D eigenvalue weighted by molar-refractivity contribution is 8.02. The van der Waals surface area contributed by atoms with Crippen molar-refractivity contribution in [2.24, 2.45) is 0 Å². The Bertz CT molecular complexity index is 699. The number of ether oxygens (including phenoxy) is 3. The molecule has 0 saturated heterocycles. The normalized spacial score (nSPS) is 14.0. The summed E-state index contributed by atoms with van der Waals surface area (Å²) in [6.45, 7) is 8.79. The maximum absolute atomic E-state index is 6.05. The van der Waals surface area contributed by atoms with Gasteiger partial charge >= 0.3 is 0 Å². The summed E-state index contributed by atoms with van der Waals surface area (Å²) >= 11 is 1.84. The molecule has 1 heterocycles. The van der Waals surface area contributed by atoms with Crippen molar-refractivity contribution in [1.82, 2.24) is 4.90 Å². The van der Waals surface area contributed by atoms with E-state index in [1.807, 2.05) is 11.8 Å². The minimum atomic E-state index is 0.0107. The third kappa shape index (κ3) is 17.6. The molecular weight excluding hydrogens is 490 g/mol. The van der Waals surface area contributed by atoms with Crippen molar-refractivity contribution in [1.29, 1.82) is 0 Å². The Morgan fingerprint density at radius 2 is 1.37 bits per heavy atom. The van der Waals surface area contributed by atoms with Crippen LogP contribution in [0.5, 0.6) is 0 Å². The van der Waals surface area contributed by atoms with Gasteiger partial charge in [0, 0.05) is 26.0 Å². The van der Waals surface area contributed by atoms with Crippen molar-refractivity contribution < 1.29 is 14.2 Å².